The summed E-state index contributed by atoms with van der Waals surface area (Å²) in [5.41, 5.74) is 7.07. The number of aldehydes is 1. The molecule has 2 amide bonds. The Labute approximate surface area is 365 Å². The molecule has 2 N–H and O–H groups in total. The van der Waals surface area contributed by atoms with Crippen molar-refractivity contribution in [1.29, 1.82) is 0 Å². The molecule has 5 aliphatic heterocycles. The first kappa shape index (κ1) is 40.5. The molecular formula is C46H53N9O6S. The number of rotatable bonds is 14. The standard InChI is InChI=1S/C46H53N9O6S/c1-51(37-9-10-40(57)48-45(37)58)25-32-21-34(8-7-31(32)27-56)53-17-11-30(24-53)23-52-18-13-46(14-19-52)28-54(29-46)36-5-3-6-39(43(36)59-2)62-50-44-41-38(61-49-44)22-33(26-55-16-4-15-47-55)35-12-20-60-42(35)41/h3-8,15-16,21-22,27,30,37H,9-14,17-20,23-26,28-29H2,1-2H3,(H,49,50)(H,48,57,58). The van der Waals surface area contributed by atoms with Gasteiger partial charge in [0.2, 0.25) is 11.8 Å². The van der Waals surface area contributed by atoms with E-state index in [4.69, 9.17) is 14.0 Å². The molecule has 2 unspecified atom stereocenters. The van der Waals surface area contributed by atoms with Gasteiger partial charge in [-0.15, -0.1) is 0 Å². The minimum atomic E-state index is -0.390. The number of carbonyl (C=O) groups is 3. The van der Waals surface area contributed by atoms with Crippen LogP contribution in [0.1, 0.15) is 59.2 Å². The quantitative estimate of drug-likeness (QED) is 0.0809. The zero-order valence-corrected chi connectivity index (χ0v) is 36.1. The van der Waals surface area contributed by atoms with E-state index in [0.717, 1.165) is 109 Å². The number of imide groups is 1. The van der Waals surface area contributed by atoms with Gasteiger partial charge in [-0.2, -0.15) is 5.10 Å². The predicted octanol–water partition coefficient (Wildman–Crippen LogP) is 5.61. The molecule has 62 heavy (non-hydrogen) atoms. The van der Waals surface area contributed by atoms with Gasteiger partial charge in [0.05, 0.1) is 36.9 Å². The number of nitrogens with one attached hydrogen (secondary N) is 2. The zero-order valence-electron chi connectivity index (χ0n) is 35.3. The number of likely N-dealkylation sites (tertiary alicyclic amines) is 1. The van der Waals surface area contributed by atoms with Crippen LogP contribution in [0.3, 0.4) is 0 Å². The molecule has 16 heteroatoms. The van der Waals surface area contributed by atoms with Crippen molar-refractivity contribution in [3.05, 3.63) is 83.2 Å². The van der Waals surface area contributed by atoms with E-state index in [1.54, 1.807) is 13.3 Å². The number of ether oxygens (including phenoxy) is 2. The van der Waals surface area contributed by atoms with Crippen molar-refractivity contribution in [1.82, 2.24) is 30.1 Å². The highest BCUT2D eigenvalue weighted by Crippen LogP contribution is 2.48. The molecular weight excluding hydrogens is 807 g/mol. The minimum absolute atomic E-state index is 0.226. The van der Waals surface area contributed by atoms with E-state index < -0.39 is 0 Å². The average molecular weight is 860 g/mol. The lowest BCUT2D eigenvalue weighted by atomic mass is 9.71. The predicted molar refractivity (Wildman–Crippen MR) is 237 cm³/mol. The highest BCUT2D eigenvalue weighted by molar-refractivity contribution is 8.00. The van der Waals surface area contributed by atoms with Gasteiger partial charge in [0.1, 0.15) is 17.4 Å². The third-order valence-corrected chi connectivity index (χ3v) is 14.6. The van der Waals surface area contributed by atoms with Crippen molar-refractivity contribution in [3.8, 4) is 11.5 Å². The molecule has 5 aromatic rings. The molecule has 5 aliphatic rings. The van der Waals surface area contributed by atoms with Gasteiger partial charge < -0.3 is 33.4 Å². The molecule has 324 valence electrons. The molecule has 4 fully saturated rings. The molecule has 15 nitrogen and oxygen atoms in total. The van der Waals surface area contributed by atoms with Gasteiger partial charge in [-0.05, 0) is 117 Å². The number of methoxy groups -OCH3 is 1. The van der Waals surface area contributed by atoms with Crippen LogP contribution in [-0.4, -0.2) is 115 Å². The summed E-state index contributed by atoms with van der Waals surface area (Å²) in [5, 5.41) is 12.1. The molecule has 1 spiro atoms. The Hall–Kier alpha value is -5.58. The maximum atomic E-state index is 12.5. The van der Waals surface area contributed by atoms with Gasteiger partial charge in [-0.25, -0.2) is 0 Å². The van der Waals surface area contributed by atoms with Crippen molar-refractivity contribution >= 4 is 58.2 Å². The molecule has 3 aromatic carbocycles. The molecule has 0 bridgehead atoms. The maximum Gasteiger partial charge on any atom is 0.243 e. The number of likely N-dealkylation sites (N-methyl/N-ethyl adjacent to an activating group) is 1. The van der Waals surface area contributed by atoms with Crippen molar-refractivity contribution in [2.75, 3.05) is 81.1 Å². The van der Waals surface area contributed by atoms with Crippen LogP contribution in [-0.2, 0) is 29.1 Å². The number of anilines is 3. The molecule has 10 rings (SSSR count). The number of aromatic nitrogens is 3. The zero-order chi connectivity index (χ0) is 42.4. The lowest BCUT2D eigenvalue weighted by molar-refractivity contribution is -0.137. The summed E-state index contributed by atoms with van der Waals surface area (Å²) in [5.74, 6) is 2.41. The highest BCUT2D eigenvalue weighted by Gasteiger charge is 2.46. The Kier molecular flexibility index (Phi) is 11.1. The summed E-state index contributed by atoms with van der Waals surface area (Å²) in [6.45, 7) is 9.04. The van der Waals surface area contributed by atoms with E-state index in [2.05, 4.69) is 65.3 Å². The topological polar surface area (TPSA) is 151 Å². The SMILES string of the molecule is COc1c(SNc2noc3cc(Cn4cccn4)c4c(c23)OCC4)cccc1N1CC2(CCN(CC3CCN(c4ccc(C=O)c(CN(C)C5CCC(=O)NC5=O)c4)C3)CC2)C1. The van der Waals surface area contributed by atoms with E-state index in [0.29, 0.717) is 60.8 Å². The van der Waals surface area contributed by atoms with Crippen LogP contribution in [0.15, 0.2) is 70.3 Å². The van der Waals surface area contributed by atoms with E-state index in [1.807, 2.05) is 41.0 Å². The molecule has 4 saturated heterocycles. The van der Waals surface area contributed by atoms with E-state index in [9.17, 15) is 14.4 Å². The fourth-order valence-electron chi connectivity index (χ4n) is 10.3. The normalized spacial score (nSPS) is 21.0. The van der Waals surface area contributed by atoms with Gasteiger partial charge in [-0.1, -0.05) is 11.2 Å². The Balaban J connectivity index is 0.725. The van der Waals surface area contributed by atoms with Crippen LogP contribution < -0.4 is 29.3 Å². The Bertz CT molecular complexity index is 2480. The fraction of sp³-hybridized carbons (Fsp3) is 0.457. The second-order valence-electron chi connectivity index (χ2n) is 17.7. The van der Waals surface area contributed by atoms with Crippen LogP contribution in [0.4, 0.5) is 17.2 Å². The fourth-order valence-corrected chi connectivity index (χ4v) is 11.1. The summed E-state index contributed by atoms with van der Waals surface area (Å²) in [6.07, 6.45) is 9.79. The third-order valence-electron chi connectivity index (χ3n) is 13.7. The Morgan fingerprint density at radius 1 is 1.05 bits per heavy atom. The smallest absolute Gasteiger partial charge is 0.243 e. The van der Waals surface area contributed by atoms with Crippen molar-refractivity contribution < 1.29 is 28.4 Å². The number of para-hydroxylation sites is 1. The van der Waals surface area contributed by atoms with Crippen LogP contribution in [0, 0.1) is 11.3 Å². The van der Waals surface area contributed by atoms with Crippen LogP contribution >= 0.6 is 11.9 Å². The lowest BCUT2D eigenvalue weighted by Crippen LogP contribution is -2.60. The minimum Gasteiger partial charge on any atom is -0.493 e. The molecule has 0 aliphatic carbocycles. The second-order valence-corrected chi connectivity index (χ2v) is 18.6. The van der Waals surface area contributed by atoms with Gasteiger partial charge in [0, 0.05) is 86.7 Å². The maximum absolute atomic E-state index is 12.5. The number of carbonyl (C=O) groups excluding carboxylic acids is 3. The van der Waals surface area contributed by atoms with Crippen LogP contribution in [0.5, 0.6) is 11.5 Å². The summed E-state index contributed by atoms with van der Waals surface area (Å²) < 4.78 is 23.4. The molecule has 0 radical (unpaired) electrons. The van der Waals surface area contributed by atoms with Gasteiger partial charge in [0.25, 0.3) is 0 Å². The summed E-state index contributed by atoms with van der Waals surface area (Å²) in [4.78, 5) is 46.6. The number of piperidine rings is 2. The second kappa shape index (κ2) is 16.9. The van der Waals surface area contributed by atoms with Crippen molar-refractivity contribution in [3.63, 3.8) is 0 Å². The van der Waals surface area contributed by atoms with Crippen molar-refractivity contribution in [2.45, 2.75) is 62.6 Å². The lowest BCUT2D eigenvalue weighted by Gasteiger charge is -2.55. The number of fused-ring (bicyclic) bond motifs is 3. The van der Waals surface area contributed by atoms with E-state index >= 15 is 0 Å². The largest absolute Gasteiger partial charge is 0.493 e. The first-order chi connectivity index (χ1) is 30.3. The van der Waals surface area contributed by atoms with Gasteiger partial charge in [0.15, 0.2) is 17.2 Å². The summed E-state index contributed by atoms with van der Waals surface area (Å²) >= 11 is 1.47. The summed E-state index contributed by atoms with van der Waals surface area (Å²) in [6, 6.07) is 16.0. The van der Waals surface area contributed by atoms with Crippen LogP contribution in [0.25, 0.3) is 11.0 Å². The number of hydrogen-bond donors (Lipinski definition) is 2. The first-order valence-corrected chi connectivity index (χ1v) is 22.6. The number of amides is 2. The third kappa shape index (κ3) is 7.88. The van der Waals surface area contributed by atoms with Crippen molar-refractivity contribution in [2.24, 2.45) is 11.3 Å². The van der Waals surface area contributed by atoms with Gasteiger partial charge in [-0.3, -0.25) is 29.3 Å². The average Bonchev–Trinajstić information content (AvgIpc) is 4.11. The Morgan fingerprint density at radius 2 is 1.92 bits per heavy atom. The number of benzene rings is 3. The summed E-state index contributed by atoms with van der Waals surface area (Å²) in [7, 11) is 3.63. The number of nitrogens with zero attached hydrogens (tertiary/aromatic N) is 7. The van der Waals surface area contributed by atoms with Crippen LogP contribution in [0.2, 0.25) is 0 Å². The van der Waals surface area contributed by atoms with E-state index in [-0.39, 0.29) is 17.9 Å². The molecule has 0 saturated carbocycles. The van der Waals surface area contributed by atoms with Gasteiger partial charge >= 0.3 is 0 Å². The number of hydrogen-bond acceptors (Lipinski definition) is 14. The molecule has 2 aromatic heterocycles. The monoisotopic (exact) mass is 859 g/mol. The Morgan fingerprint density at radius 3 is 2.71 bits per heavy atom. The highest BCUT2D eigenvalue weighted by atomic mass is 32.2. The first-order valence-electron chi connectivity index (χ1n) is 21.7. The van der Waals surface area contributed by atoms with E-state index in [1.165, 1.54) is 30.4 Å². The molecule has 7 heterocycles. The molecule has 2 atom stereocenters.